The average molecular weight is 411 g/mol. The Bertz CT molecular complexity index is 794. The highest BCUT2D eigenvalue weighted by molar-refractivity contribution is 5.76. The molecule has 1 aromatic carbocycles. The Labute approximate surface area is 179 Å². The van der Waals surface area contributed by atoms with Gasteiger partial charge in [0.1, 0.15) is 12.9 Å². The molecule has 2 heterocycles. The Morgan fingerprint density at radius 2 is 1.90 bits per heavy atom. The first-order valence-corrected chi connectivity index (χ1v) is 11.5. The molecule has 30 heavy (non-hydrogen) atoms. The summed E-state index contributed by atoms with van der Waals surface area (Å²) in [5.74, 6) is 0.759. The van der Waals surface area contributed by atoms with Gasteiger partial charge in [-0.25, -0.2) is 4.68 Å². The van der Waals surface area contributed by atoms with E-state index in [1.165, 1.54) is 43.1 Å². The van der Waals surface area contributed by atoms with Gasteiger partial charge in [0, 0.05) is 19.1 Å². The second kappa shape index (κ2) is 10.2. The van der Waals surface area contributed by atoms with Crippen LogP contribution in [0.3, 0.4) is 0 Å². The zero-order valence-electron chi connectivity index (χ0n) is 18.1. The van der Waals surface area contributed by atoms with Crippen LogP contribution in [0.5, 0.6) is 0 Å². The van der Waals surface area contributed by atoms with E-state index in [0.717, 1.165) is 45.4 Å². The van der Waals surface area contributed by atoms with Crippen molar-refractivity contribution >= 4 is 5.91 Å². The van der Waals surface area contributed by atoms with E-state index in [4.69, 9.17) is 0 Å². The van der Waals surface area contributed by atoms with Crippen LogP contribution in [-0.2, 0) is 17.8 Å². The summed E-state index contributed by atoms with van der Waals surface area (Å²) in [6, 6.07) is 9.09. The smallest absolute Gasteiger partial charge is 0.244 e. The molecule has 0 bridgehead atoms. The van der Waals surface area contributed by atoms with Crippen molar-refractivity contribution in [3.8, 4) is 0 Å². The molecule has 1 aliphatic carbocycles. The molecular weight excluding hydrogens is 376 g/mol. The van der Waals surface area contributed by atoms with Gasteiger partial charge in [0.15, 0.2) is 0 Å². The number of hydrogen-bond acceptors (Lipinski definition) is 5. The fraction of sp³-hybridized carbons (Fsp3) is 0.652. The standard InChI is InChI=1S/C23H34N6O/c1-19-6-2-3-7-21(19)12-15-27-13-10-20(11-14-27)16-29(22-8-4-5-9-22)23(30)17-28-18-24-25-26-28/h2-3,6-7,18,20,22H,4-5,8-17H2,1H3. The van der Waals surface area contributed by atoms with E-state index >= 15 is 0 Å². The molecule has 1 saturated heterocycles. The van der Waals surface area contributed by atoms with Gasteiger partial charge >= 0.3 is 0 Å². The third-order valence-electron chi connectivity index (χ3n) is 6.90. The number of tetrazole rings is 1. The van der Waals surface area contributed by atoms with Gasteiger partial charge in [-0.1, -0.05) is 37.1 Å². The Morgan fingerprint density at radius 3 is 2.60 bits per heavy atom. The minimum atomic E-state index is 0.163. The van der Waals surface area contributed by atoms with Crippen molar-refractivity contribution in [2.24, 2.45) is 5.92 Å². The van der Waals surface area contributed by atoms with Crippen LogP contribution in [0, 0.1) is 12.8 Å². The second-order valence-corrected chi connectivity index (χ2v) is 8.95. The number of likely N-dealkylation sites (tertiary alicyclic amines) is 1. The average Bonchev–Trinajstić information content (AvgIpc) is 3.47. The molecule has 0 unspecified atom stereocenters. The molecule has 2 aromatic rings. The van der Waals surface area contributed by atoms with E-state index in [1.807, 2.05) is 0 Å². The lowest BCUT2D eigenvalue weighted by Gasteiger charge is -2.37. The highest BCUT2D eigenvalue weighted by Crippen LogP contribution is 2.27. The number of carbonyl (C=O) groups excluding carboxylic acids is 1. The predicted octanol–water partition coefficient (Wildman–Crippen LogP) is 2.71. The van der Waals surface area contributed by atoms with E-state index in [9.17, 15) is 4.79 Å². The molecule has 1 aliphatic heterocycles. The van der Waals surface area contributed by atoms with Gasteiger partial charge in [-0.05, 0) is 79.6 Å². The van der Waals surface area contributed by atoms with Gasteiger partial charge < -0.3 is 9.80 Å². The summed E-state index contributed by atoms with van der Waals surface area (Å²) in [5.41, 5.74) is 2.85. The summed E-state index contributed by atoms with van der Waals surface area (Å²) in [5, 5.41) is 11.2. The predicted molar refractivity (Wildman–Crippen MR) is 116 cm³/mol. The van der Waals surface area contributed by atoms with Crippen molar-refractivity contribution in [2.75, 3.05) is 26.2 Å². The Hall–Kier alpha value is -2.28. The minimum absolute atomic E-state index is 0.163. The second-order valence-electron chi connectivity index (χ2n) is 8.95. The quantitative estimate of drug-likeness (QED) is 0.669. The lowest BCUT2D eigenvalue weighted by atomic mass is 9.94. The number of amides is 1. The van der Waals surface area contributed by atoms with E-state index in [-0.39, 0.29) is 12.5 Å². The molecule has 0 radical (unpaired) electrons. The maximum atomic E-state index is 13.0. The van der Waals surface area contributed by atoms with Gasteiger partial charge in [-0.3, -0.25) is 4.79 Å². The van der Waals surface area contributed by atoms with Crippen LogP contribution in [0.1, 0.15) is 49.7 Å². The van der Waals surface area contributed by atoms with Crippen LogP contribution >= 0.6 is 0 Å². The Balaban J connectivity index is 1.28. The summed E-state index contributed by atoms with van der Waals surface area (Å²) in [7, 11) is 0. The summed E-state index contributed by atoms with van der Waals surface area (Å²) in [4.78, 5) is 17.8. The number of piperidine rings is 1. The van der Waals surface area contributed by atoms with Crippen molar-refractivity contribution in [1.82, 2.24) is 30.0 Å². The largest absolute Gasteiger partial charge is 0.338 e. The number of aryl methyl sites for hydroxylation is 1. The summed E-state index contributed by atoms with van der Waals surface area (Å²) in [6.07, 6.45) is 9.73. The molecule has 0 spiro atoms. The van der Waals surface area contributed by atoms with E-state index in [2.05, 4.69) is 56.5 Å². The Kier molecular flexibility index (Phi) is 7.10. The van der Waals surface area contributed by atoms with Gasteiger partial charge in [-0.15, -0.1) is 5.10 Å². The molecule has 0 N–H and O–H groups in total. The molecule has 1 aromatic heterocycles. The van der Waals surface area contributed by atoms with E-state index in [1.54, 1.807) is 4.68 Å². The topological polar surface area (TPSA) is 67.2 Å². The molecule has 7 nitrogen and oxygen atoms in total. The van der Waals surface area contributed by atoms with Crippen molar-refractivity contribution in [2.45, 2.75) is 64.5 Å². The van der Waals surface area contributed by atoms with Gasteiger partial charge in [0.05, 0.1) is 0 Å². The maximum absolute atomic E-state index is 13.0. The first kappa shape index (κ1) is 21.0. The number of benzene rings is 1. The normalized spacial score (nSPS) is 18.7. The zero-order valence-corrected chi connectivity index (χ0v) is 18.1. The SMILES string of the molecule is Cc1ccccc1CCN1CCC(CN(C(=O)Cn2cnnn2)C2CCCC2)CC1. The van der Waals surface area contributed by atoms with Crippen LogP contribution in [-0.4, -0.2) is 68.1 Å². The molecule has 7 heteroatoms. The van der Waals surface area contributed by atoms with Crippen LogP contribution in [0.15, 0.2) is 30.6 Å². The maximum Gasteiger partial charge on any atom is 0.244 e. The third-order valence-corrected chi connectivity index (χ3v) is 6.90. The van der Waals surface area contributed by atoms with Crippen LogP contribution in [0.4, 0.5) is 0 Å². The van der Waals surface area contributed by atoms with E-state index < -0.39 is 0 Å². The van der Waals surface area contributed by atoms with E-state index in [0.29, 0.717) is 12.0 Å². The lowest BCUT2D eigenvalue weighted by molar-refractivity contribution is -0.135. The number of hydrogen-bond donors (Lipinski definition) is 0. The van der Waals surface area contributed by atoms with Crippen molar-refractivity contribution in [3.05, 3.63) is 41.7 Å². The van der Waals surface area contributed by atoms with Crippen molar-refractivity contribution in [3.63, 3.8) is 0 Å². The molecule has 4 rings (SSSR count). The zero-order chi connectivity index (χ0) is 20.8. The van der Waals surface area contributed by atoms with Crippen LogP contribution < -0.4 is 0 Å². The minimum Gasteiger partial charge on any atom is -0.338 e. The van der Waals surface area contributed by atoms with Crippen molar-refractivity contribution < 1.29 is 4.79 Å². The number of nitrogens with zero attached hydrogens (tertiary/aromatic N) is 6. The molecule has 0 atom stereocenters. The fourth-order valence-corrected chi connectivity index (χ4v) is 4.99. The first-order chi connectivity index (χ1) is 14.7. The summed E-state index contributed by atoms with van der Waals surface area (Å²) >= 11 is 0. The molecule has 162 valence electrons. The molecule has 1 amide bonds. The molecular formula is C23H34N6O. The van der Waals surface area contributed by atoms with Crippen molar-refractivity contribution in [1.29, 1.82) is 0 Å². The number of rotatable bonds is 8. The highest BCUT2D eigenvalue weighted by atomic mass is 16.2. The van der Waals surface area contributed by atoms with Gasteiger partial charge in [0.2, 0.25) is 5.91 Å². The number of aromatic nitrogens is 4. The van der Waals surface area contributed by atoms with Crippen LogP contribution in [0.2, 0.25) is 0 Å². The fourth-order valence-electron chi connectivity index (χ4n) is 4.99. The molecule has 1 saturated carbocycles. The third kappa shape index (κ3) is 5.45. The first-order valence-electron chi connectivity index (χ1n) is 11.5. The monoisotopic (exact) mass is 410 g/mol. The summed E-state index contributed by atoms with van der Waals surface area (Å²) in [6.45, 7) is 6.73. The van der Waals surface area contributed by atoms with Crippen LogP contribution in [0.25, 0.3) is 0 Å². The number of carbonyl (C=O) groups is 1. The summed E-state index contributed by atoms with van der Waals surface area (Å²) < 4.78 is 1.54. The molecule has 2 aliphatic rings. The van der Waals surface area contributed by atoms with Gasteiger partial charge in [0.25, 0.3) is 0 Å². The lowest BCUT2D eigenvalue weighted by Crippen LogP contribution is -2.46. The highest BCUT2D eigenvalue weighted by Gasteiger charge is 2.30. The van der Waals surface area contributed by atoms with Gasteiger partial charge in [-0.2, -0.15) is 0 Å². The Morgan fingerprint density at radius 1 is 1.13 bits per heavy atom. The molecule has 2 fully saturated rings.